The van der Waals surface area contributed by atoms with Crippen LogP contribution in [0.5, 0.6) is 0 Å². The number of anilines is 1. The lowest BCUT2D eigenvalue weighted by molar-refractivity contribution is 0.738. The van der Waals surface area contributed by atoms with Crippen molar-refractivity contribution in [2.24, 2.45) is 0 Å². The first kappa shape index (κ1) is 11.3. The number of halogens is 1. The summed E-state index contributed by atoms with van der Waals surface area (Å²) in [6.07, 6.45) is 4.52. The third-order valence-corrected chi connectivity index (χ3v) is 2.62. The molecule has 0 saturated heterocycles. The number of hydrogen-bond donors (Lipinski definition) is 0. The van der Waals surface area contributed by atoms with Gasteiger partial charge in [-0.15, -0.1) is 5.10 Å². The average Bonchev–Trinajstić information content (AvgIpc) is 2.76. The molecule has 0 aromatic carbocycles. The maximum atomic E-state index is 4.15. The number of rotatable bonds is 5. The molecule has 86 valence electrons. The van der Waals surface area contributed by atoms with Gasteiger partial charge in [-0.05, 0) is 16.8 Å². The van der Waals surface area contributed by atoms with E-state index in [2.05, 4.69) is 48.3 Å². The van der Waals surface area contributed by atoms with E-state index in [0.717, 1.165) is 30.7 Å². The molecule has 16 heavy (non-hydrogen) atoms. The maximum absolute atomic E-state index is 4.15. The second-order valence-corrected chi connectivity index (χ2v) is 4.18. The first-order chi connectivity index (χ1) is 7.86. The Balaban J connectivity index is 2.38. The highest BCUT2D eigenvalue weighted by molar-refractivity contribution is 9.09. The van der Waals surface area contributed by atoms with Crippen LogP contribution in [-0.2, 0) is 0 Å². The Morgan fingerprint density at radius 3 is 3.00 bits per heavy atom. The van der Waals surface area contributed by atoms with Crippen molar-refractivity contribution in [1.29, 1.82) is 0 Å². The lowest BCUT2D eigenvalue weighted by atomic mass is 10.4. The van der Waals surface area contributed by atoms with E-state index in [1.54, 1.807) is 16.9 Å². The van der Waals surface area contributed by atoms with Gasteiger partial charge in [-0.3, -0.25) is 4.98 Å². The van der Waals surface area contributed by atoms with Crippen LogP contribution < -0.4 is 4.90 Å². The Morgan fingerprint density at radius 2 is 2.25 bits per heavy atom. The van der Waals surface area contributed by atoms with Gasteiger partial charge >= 0.3 is 0 Å². The smallest absolute Gasteiger partial charge is 0.199 e. The summed E-state index contributed by atoms with van der Waals surface area (Å²) in [5.41, 5.74) is 0.674. The molecule has 0 spiro atoms. The molecule has 7 heteroatoms. The van der Waals surface area contributed by atoms with Crippen molar-refractivity contribution in [1.82, 2.24) is 25.0 Å². The summed E-state index contributed by atoms with van der Waals surface area (Å²) >= 11 is 3.45. The van der Waals surface area contributed by atoms with Crippen molar-refractivity contribution in [2.45, 2.75) is 13.3 Å². The summed E-state index contributed by atoms with van der Waals surface area (Å²) in [5, 5.41) is 12.4. The van der Waals surface area contributed by atoms with Gasteiger partial charge in [0.25, 0.3) is 0 Å². The van der Waals surface area contributed by atoms with Crippen molar-refractivity contribution in [2.75, 3.05) is 23.3 Å². The highest BCUT2D eigenvalue weighted by atomic mass is 79.9. The van der Waals surface area contributed by atoms with Gasteiger partial charge in [0, 0.05) is 18.4 Å². The quantitative estimate of drug-likeness (QED) is 0.771. The van der Waals surface area contributed by atoms with Crippen LogP contribution in [0.2, 0.25) is 0 Å². The zero-order valence-corrected chi connectivity index (χ0v) is 10.6. The minimum Gasteiger partial charge on any atom is -0.354 e. The van der Waals surface area contributed by atoms with E-state index in [9.17, 15) is 0 Å². The zero-order valence-electron chi connectivity index (χ0n) is 9.04. The Labute approximate surface area is 102 Å². The van der Waals surface area contributed by atoms with Gasteiger partial charge in [-0.2, -0.15) is 4.52 Å². The minimum atomic E-state index is 0.674. The van der Waals surface area contributed by atoms with Crippen LogP contribution >= 0.6 is 15.9 Å². The highest BCUT2D eigenvalue weighted by Gasteiger charge is 2.10. The number of nitrogens with zero attached hydrogens (tertiary/aromatic N) is 6. The summed E-state index contributed by atoms with van der Waals surface area (Å²) < 4.78 is 1.71. The second kappa shape index (κ2) is 5.20. The molecule has 2 aromatic heterocycles. The Morgan fingerprint density at radius 1 is 1.38 bits per heavy atom. The lowest BCUT2D eigenvalue weighted by Gasteiger charge is -2.22. The molecule has 0 N–H and O–H groups in total. The molecule has 0 aliphatic heterocycles. The summed E-state index contributed by atoms with van der Waals surface area (Å²) in [6, 6.07) is 0. The van der Waals surface area contributed by atoms with Crippen LogP contribution in [0.3, 0.4) is 0 Å². The van der Waals surface area contributed by atoms with Crippen LogP contribution in [0, 0.1) is 0 Å². The van der Waals surface area contributed by atoms with Crippen molar-refractivity contribution >= 4 is 27.4 Å². The number of hydrogen-bond acceptors (Lipinski definition) is 5. The summed E-state index contributed by atoms with van der Waals surface area (Å²) in [5.74, 6) is 0.934. The van der Waals surface area contributed by atoms with Gasteiger partial charge in [0.1, 0.15) is 0 Å². The van der Waals surface area contributed by atoms with E-state index in [1.165, 1.54) is 0 Å². The number of tetrazole rings is 1. The standard InChI is InChI=1S/C9H13BrN6/c1-2-4-15(5-3-10)9-7-11-6-8-12-13-14-16(8)9/h6-7H,2-5H2,1H3. The maximum Gasteiger partial charge on any atom is 0.199 e. The SMILES string of the molecule is CCCN(CCBr)c1cncc2nnnn12. The monoisotopic (exact) mass is 284 g/mol. The minimum absolute atomic E-state index is 0.674. The van der Waals surface area contributed by atoms with Crippen LogP contribution in [-0.4, -0.2) is 43.4 Å². The normalized spacial score (nSPS) is 10.9. The van der Waals surface area contributed by atoms with Crippen molar-refractivity contribution in [3.63, 3.8) is 0 Å². The molecule has 0 saturated carbocycles. The number of aromatic nitrogens is 5. The van der Waals surface area contributed by atoms with Gasteiger partial charge in [0.05, 0.1) is 12.4 Å². The fourth-order valence-electron chi connectivity index (χ4n) is 1.59. The first-order valence-electron chi connectivity index (χ1n) is 5.19. The molecule has 0 fully saturated rings. The van der Waals surface area contributed by atoms with E-state index in [-0.39, 0.29) is 0 Å². The molecule has 0 amide bonds. The van der Waals surface area contributed by atoms with Crippen LogP contribution in [0.4, 0.5) is 5.82 Å². The molecule has 2 rings (SSSR count). The highest BCUT2D eigenvalue weighted by Crippen LogP contribution is 2.13. The number of fused-ring (bicyclic) bond motifs is 1. The fraction of sp³-hybridized carbons (Fsp3) is 0.556. The van der Waals surface area contributed by atoms with Gasteiger partial charge in [0.2, 0.25) is 0 Å². The van der Waals surface area contributed by atoms with Gasteiger partial charge < -0.3 is 4.90 Å². The molecule has 2 aromatic rings. The topological polar surface area (TPSA) is 59.2 Å². The lowest BCUT2D eigenvalue weighted by Crippen LogP contribution is -2.28. The van der Waals surface area contributed by atoms with E-state index < -0.39 is 0 Å². The van der Waals surface area contributed by atoms with E-state index in [0.29, 0.717) is 5.65 Å². The van der Waals surface area contributed by atoms with E-state index >= 15 is 0 Å². The molecule has 0 unspecified atom stereocenters. The molecular formula is C9H13BrN6. The summed E-state index contributed by atoms with van der Waals surface area (Å²) in [6.45, 7) is 4.02. The predicted octanol–water partition coefficient (Wildman–Crippen LogP) is 1.13. The van der Waals surface area contributed by atoms with Crippen LogP contribution in [0.25, 0.3) is 5.65 Å². The van der Waals surface area contributed by atoms with Crippen LogP contribution in [0.15, 0.2) is 12.4 Å². The molecule has 0 aliphatic rings. The molecule has 0 atom stereocenters. The fourth-order valence-corrected chi connectivity index (χ4v) is 2.02. The average molecular weight is 285 g/mol. The molecule has 0 aliphatic carbocycles. The van der Waals surface area contributed by atoms with Gasteiger partial charge in [-0.1, -0.05) is 22.9 Å². The third kappa shape index (κ3) is 2.13. The predicted molar refractivity (Wildman–Crippen MR) is 64.9 cm³/mol. The Hall–Kier alpha value is -1.24. The molecular weight excluding hydrogens is 272 g/mol. The van der Waals surface area contributed by atoms with Gasteiger partial charge in [-0.25, -0.2) is 0 Å². The van der Waals surface area contributed by atoms with E-state index in [4.69, 9.17) is 0 Å². The first-order valence-corrected chi connectivity index (χ1v) is 6.32. The molecule has 0 bridgehead atoms. The van der Waals surface area contributed by atoms with Crippen LogP contribution in [0.1, 0.15) is 13.3 Å². The van der Waals surface area contributed by atoms with Crippen molar-refractivity contribution < 1.29 is 0 Å². The van der Waals surface area contributed by atoms with E-state index in [1.807, 2.05) is 0 Å². The second-order valence-electron chi connectivity index (χ2n) is 3.39. The molecule has 6 nitrogen and oxygen atoms in total. The Kier molecular flexibility index (Phi) is 3.66. The van der Waals surface area contributed by atoms with Gasteiger partial charge in [0.15, 0.2) is 11.5 Å². The molecule has 2 heterocycles. The largest absolute Gasteiger partial charge is 0.354 e. The third-order valence-electron chi connectivity index (χ3n) is 2.26. The van der Waals surface area contributed by atoms with Crippen molar-refractivity contribution in [3.05, 3.63) is 12.4 Å². The molecule has 0 radical (unpaired) electrons. The zero-order chi connectivity index (χ0) is 11.4. The summed E-state index contributed by atoms with van der Waals surface area (Å²) in [4.78, 5) is 6.36. The number of alkyl halides is 1. The summed E-state index contributed by atoms with van der Waals surface area (Å²) in [7, 11) is 0. The Bertz CT molecular complexity index is 450. The van der Waals surface area contributed by atoms with Crippen molar-refractivity contribution in [3.8, 4) is 0 Å².